The number of morpholine rings is 1. The number of carbonyl (C=O) groups is 1. The fourth-order valence-electron chi connectivity index (χ4n) is 3.01. The predicted octanol–water partition coefficient (Wildman–Crippen LogP) is 1.78. The first-order valence-electron chi connectivity index (χ1n) is 8.83. The zero-order valence-electron chi connectivity index (χ0n) is 15.6. The Labute approximate surface area is 154 Å². The van der Waals surface area contributed by atoms with Gasteiger partial charge in [-0.3, -0.25) is 9.78 Å². The molecule has 1 aliphatic rings. The number of anilines is 1. The molecule has 0 radical (unpaired) electrons. The molecule has 1 unspecified atom stereocenters. The van der Waals surface area contributed by atoms with Gasteiger partial charge in [-0.05, 0) is 25.0 Å². The molecule has 1 atom stereocenters. The molecule has 1 fully saturated rings. The van der Waals surface area contributed by atoms with Crippen LogP contribution in [0.15, 0.2) is 30.6 Å². The summed E-state index contributed by atoms with van der Waals surface area (Å²) in [5.41, 5.74) is 1.94. The number of nitrogens with zero attached hydrogens (tertiary/aromatic N) is 5. The van der Waals surface area contributed by atoms with E-state index < -0.39 is 0 Å². The van der Waals surface area contributed by atoms with Gasteiger partial charge in [-0.15, -0.1) is 0 Å². The van der Waals surface area contributed by atoms with Crippen molar-refractivity contribution in [1.29, 1.82) is 0 Å². The summed E-state index contributed by atoms with van der Waals surface area (Å²) < 4.78 is 5.62. The lowest BCUT2D eigenvalue weighted by Crippen LogP contribution is -2.44. The molecule has 0 saturated carbocycles. The molecule has 2 aromatic rings. The number of rotatable bonds is 5. The SMILES string of the molecule is Cc1cc(N(C)C)nc(C2COCCN2C(=O)CCc2cccnc2)n1. The van der Waals surface area contributed by atoms with Crippen molar-refractivity contribution in [2.75, 3.05) is 38.8 Å². The maximum absolute atomic E-state index is 12.8. The van der Waals surface area contributed by atoms with Gasteiger partial charge < -0.3 is 14.5 Å². The van der Waals surface area contributed by atoms with Crippen molar-refractivity contribution in [2.24, 2.45) is 0 Å². The average Bonchev–Trinajstić information content (AvgIpc) is 2.66. The molecule has 1 amide bonds. The van der Waals surface area contributed by atoms with Crippen molar-refractivity contribution in [3.05, 3.63) is 47.7 Å². The Bertz CT molecular complexity index is 751. The molecular formula is C19H25N5O2. The Hall–Kier alpha value is -2.54. The highest BCUT2D eigenvalue weighted by atomic mass is 16.5. The monoisotopic (exact) mass is 355 g/mol. The fourth-order valence-corrected chi connectivity index (χ4v) is 3.01. The smallest absolute Gasteiger partial charge is 0.223 e. The molecule has 1 aliphatic heterocycles. The van der Waals surface area contributed by atoms with Gasteiger partial charge in [0, 0.05) is 51.2 Å². The topological polar surface area (TPSA) is 71.5 Å². The highest BCUT2D eigenvalue weighted by Gasteiger charge is 2.31. The van der Waals surface area contributed by atoms with Crippen LogP contribution in [0.5, 0.6) is 0 Å². The van der Waals surface area contributed by atoms with E-state index in [1.54, 1.807) is 12.4 Å². The summed E-state index contributed by atoms with van der Waals surface area (Å²) in [5, 5.41) is 0. The highest BCUT2D eigenvalue weighted by molar-refractivity contribution is 5.77. The van der Waals surface area contributed by atoms with Gasteiger partial charge in [-0.25, -0.2) is 9.97 Å². The number of hydrogen-bond donors (Lipinski definition) is 0. The Morgan fingerprint density at radius 2 is 2.23 bits per heavy atom. The Morgan fingerprint density at radius 1 is 1.38 bits per heavy atom. The fraction of sp³-hybridized carbons (Fsp3) is 0.474. The number of pyridine rings is 1. The van der Waals surface area contributed by atoms with E-state index in [1.165, 1.54) is 0 Å². The second-order valence-corrected chi connectivity index (χ2v) is 6.66. The molecule has 0 aliphatic carbocycles. The van der Waals surface area contributed by atoms with E-state index in [1.807, 2.05) is 49.0 Å². The molecule has 26 heavy (non-hydrogen) atoms. The van der Waals surface area contributed by atoms with Crippen LogP contribution in [0.3, 0.4) is 0 Å². The third-order valence-electron chi connectivity index (χ3n) is 4.41. The van der Waals surface area contributed by atoms with Crippen LogP contribution in [0, 0.1) is 6.92 Å². The number of carbonyl (C=O) groups excluding carboxylic acids is 1. The number of ether oxygens (including phenoxy) is 1. The number of aromatic nitrogens is 3. The maximum atomic E-state index is 12.8. The van der Waals surface area contributed by atoms with E-state index >= 15 is 0 Å². The van der Waals surface area contributed by atoms with Gasteiger partial charge in [0.15, 0.2) is 5.82 Å². The van der Waals surface area contributed by atoms with E-state index in [2.05, 4.69) is 15.0 Å². The van der Waals surface area contributed by atoms with Crippen molar-refractivity contribution in [2.45, 2.75) is 25.8 Å². The van der Waals surface area contributed by atoms with Crippen molar-refractivity contribution in [3.8, 4) is 0 Å². The minimum Gasteiger partial charge on any atom is -0.377 e. The summed E-state index contributed by atoms with van der Waals surface area (Å²) in [4.78, 5) is 30.0. The number of amides is 1. The molecule has 0 spiro atoms. The van der Waals surface area contributed by atoms with Gasteiger partial charge in [0.2, 0.25) is 5.91 Å². The molecule has 0 bridgehead atoms. The number of aryl methyl sites for hydroxylation is 2. The zero-order chi connectivity index (χ0) is 18.5. The van der Waals surface area contributed by atoms with Gasteiger partial charge in [0.25, 0.3) is 0 Å². The van der Waals surface area contributed by atoms with Crippen molar-refractivity contribution in [1.82, 2.24) is 19.9 Å². The standard InChI is InChI=1S/C19H25N5O2/c1-14-11-17(23(2)3)22-19(21-14)16-13-26-10-9-24(16)18(25)7-6-15-5-4-8-20-12-15/h4-5,8,11-12,16H,6-7,9-10,13H2,1-3H3. The lowest BCUT2D eigenvalue weighted by molar-refractivity contribution is -0.140. The largest absolute Gasteiger partial charge is 0.377 e. The molecule has 2 aromatic heterocycles. The van der Waals surface area contributed by atoms with Crippen molar-refractivity contribution < 1.29 is 9.53 Å². The van der Waals surface area contributed by atoms with Crippen molar-refractivity contribution in [3.63, 3.8) is 0 Å². The average molecular weight is 355 g/mol. The van der Waals surface area contributed by atoms with Crippen LogP contribution < -0.4 is 4.90 Å². The Kier molecular flexibility index (Phi) is 5.78. The van der Waals surface area contributed by atoms with Crippen LogP contribution in [0.25, 0.3) is 0 Å². The molecular weight excluding hydrogens is 330 g/mol. The van der Waals surface area contributed by atoms with Crippen LogP contribution in [0.2, 0.25) is 0 Å². The van der Waals surface area contributed by atoms with E-state index in [9.17, 15) is 4.79 Å². The summed E-state index contributed by atoms with van der Waals surface area (Å²) in [6.07, 6.45) is 4.65. The van der Waals surface area contributed by atoms with Gasteiger partial charge >= 0.3 is 0 Å². The molecule has 138 valence electrons. The lowest BCUT2D eigenvalue weighted by Gasteiger charge is -2.35. The van der Waals surface area contributed by atoms with Crippen LogP contribution in [-0.2, 0) is 16.0 Å². The summed E-state index contributed by atoms with van der Waals surface area (Å²) in [6, 6.07) is 5.57. The normalized spacial score (nSPS) is 17.2. The van der Waals surface area contributed by atoms with E-state index in [0.29, 0.717) is 38.4 Å². The number of hydrogen-bond acceptors (Lipinski definition) is 6. The summed E-state index contributed by atoms with van der Waals surface area (Å²) in [6.45, 7) is 3.47. The zero-order valence-corrected chi connectivity index (χ0v) is 15.6. The van der Waals surface area contributed by atoms with Gasteiger partial charge in [0.05, 0.1) is 13.2 Å². The quantitative estimate of drug-likeness (QED) is 0.814. The van der Waals surface area contributed by atoms with Gasteiger partial charge in [-0.1, -0.05) is 6.07 Å². The molecule has 0 aromatic carbocycles. The van der Waals surface area contributed by atoms with E-state index in [4.69, 9.17) is 4.74 Å². The summed E-state index contributed by atoms with van der Waals surface area (Å²) in [5.74, 6) is 1.57. The summed E-state index contributed by atoms with van der Waals surface area (Å²) in [7, 11) is 3.89. The maximum Gasteiger partial charge on any atom is 0.223 e. The van der Waals surface area contributed by atoms with Crippen LogP contribution in [0.1, 0.15) is 29.5 Å². The van der Waals surface area contributed by atoms with Crippen LogP contribution >= 0.6 is 0 Å². The first kappa shape index (κ1) is 18.3. The molecule has 3 rings (SSSR count). The third-order valence-corrected chi connectivity index (χ3v) is 4.41. The molecule has 7 heteroatoms. The first-order chi connectivity index (χ1) is 12.5. The second-order valence-electron chi connectivity index (χ2n) is 6.66. The van der Waals surface area contributed by atoms with Crippen molar-refractivity contribution >= 4 is 11.7 Å². The minimum atomic E-state index is -0.247. The lowest BCUT2D eigenvalue weighted by atomic mass is 10.1. The second kappa shape index (κ2) is 8.23. The van der Waals surface area contributed by atoms with Crippen LogP contribution in [-0.4, -0.2) is 59.6 Å². The van der Waals surface area contributed by atoms with Crippen LogP contribution in [0.4, 0.5) is 5.82 Å². The minimum absolute atomic E-state index is 0.0960. The Morgan fingerprint density at radius 3 is 2.96 bits per heavy atom. The molecule has 3 heterocycles. The van der Waals surface area contributed by atoms with E-state index in [0.717, 1.165) is 17.1 Å². The first-order valence-corrected chi connectivity index (χ1v) is 8.83. The van der Waals surface area contributed by atoms with Gasteiger partial charge in [-0.2, -0.15) is 0 Å². The summed E-state index contributed by atoms with van der Waals surface area (Å²) >= 11 is 0. The van der Waals surface area contributed by atoms with E-state index in [-0.39, 0.29) is 11.9 Å². The molecule has 0 N–H and O–H groups in total. The third kappa shape index (κ3) is 4.35. The highest BCUT2D eigenvalue weighted by Crippen LogP contribution is 2.24. The molecule has 7 nitrogen and oxygen atoms in total. The predicted molar refractivity (Wildman–Crippen MR) is 98.9 cm³/mol. The van der Waals surface area contributed by atoms with Gasteiger partial charge in [0.1, 0.15) is 11.9 Å². The Balaban J connectivity index is 1.76. The molecule has 1 saturated heterocycles.